The molecule has 0 aliphatic rings. The molecule has 0 aromatic rings. The molecule has 0 aromatic carbocycles. The molecule has 0 heterocycles. The second-order valence-electron chi connectivity index (χ2n) is 24.8. The van der Waals surface area contributed by atoms with Crippen LogP contribution in [-0.2, 0) is 71.9 Å². The second-order valence-corrected chi connectivity index (χ2v) is 24.8. The molecule has 0 fully saturated rings. The van der Waals surface area contributed by atoms with Crippen molar-refractivity contribution in [3.05, 3.63) is 0 Å². The molecule has 550 valence electrons. The smallest absolute Gasteiger partial charge is 0.326 e. The van der Waals surface area contributed by atoms with Crippen LogP contribution in [0.1, 0.15) is 152 Å². The van der Waals surface area contributed by atoms with Crippen LogP contribution in [0, 0.1) is 34.5 Å². The third-order valence-electron chi connectivity index (χ3n) is 14.5. The Morgan fingerprint density at radius 1 is 0.371 bits per heavy atom. The highest BCUT2D eigenvalue weighted by atomic mass is 16.4. The normalized spacial score (nSPS) is 14.2. The third-order valence-corrected chi connectivity index (χ3v) is 14.5. The Hall–Kier alpha value is -9.49. The molecule has 38 nitrogen and oxygen atoms in total. The third kappa shape index (κ3) is 38.6. The van der Waals surface area contributed by atoms with Gasteiger partial charge >= 0.3 is 17.9 Å². The van der Waals surface area contributed by atoms with Crippen molar-refractivity contribution >= 4 is 101 Å². The average molecular weight is 1380 g/mol. The SMILES string of the molecule is CC(C)C[C@H](NC(=O)[C@H](CCC(N)=O)NC(=O)[C@@H](N)CCC(=O)O)C(=O)NCC(=O)N[C@H](C(=O)N[C@@H](CCCNC(=N)N)C(=O)N[C@@H](CCCCN)C(=O)N[C@@H](CCC(=O)O)C(=O)N[C@@H](CC(C)C)C(=O)N[C@@H](CCCNC(=N)N)C(=O)NCC(=O)N[C@H](C(=O)O)C(C)C)C(C)C. The molecule has 97 heavy (non-hydrogen) atoms. The van der Waals surface area contributed by atoms with Crippen molar-refractivity contribution in [3.63, 3.8) is 0 Å². The second kappa shape index (κ2) is 46.6. The first kappa shape index (κ1) is 87.5. The lowest BCUT2D eigenvalue weighted by Crippen LogP contribution is -2.60. The van der Waals surface area contributed by atoms with E-state index in [9.17, 15) is 82.1 Å². The topological polar surface area (TPSA) is 651 Å². The number of carbonyl (C=O) groups is 15. The van der Waals surface area contributed by atoms with Gasteiger partial charge in [0.05, 0.1) is 19.1 Å². The van der Waals surface area contributed by atoms with Crippen LogP contribution in [0.3, 0.4) is 0 Å². The van der Waals surface area contributed by atoms with Crippen molar-refractivity contribution < 1.29 is 87.2 Å². The molecule has 0 radical (unpaired) electrons. The number of rotatable bonds is 50. The van der Waals surface area contributed by atoms with Gasteiger partial charge in [-0.1, -0.05) is 55.4 Å². The summed E-state index contributed by atoms with van der Waals surface area (Å²) < 4.78 is 0. The van der Waals surface area contributed by atoms with E-state index in [0.717, 1.165) is 0 Å². The van der Waals surface area contributed by atoms with E-state index in [1.54, 1.807) is 55.4 Å². The van der Waals surface area contributed by atoms with E-state index >= 15 is 0 Å². The fraction of sp³-hybridized carbons (Fsp3) is 0.712. The van der Waals surface area contributed by atoms with Crippen LogP contribution in [0.15, 0.2) is 0 Å². The summed E-state index contributed by atoms with van der Waals surface area (Å²) in [5.41, 5.74) is 27.8. The van der Waals surface area contributed by atoms with Crippen LogP contribution in [-0.4, -0.2) is 209 Å². The fourth-order valence-electron chi connectivity index (χ4n) is 9.25. The van der Waals surface area contributed by atoms with Gasteiger partial charge in [0.2, 0.25) is 70.9 Å². The zero-order chi connectivity index (χ0) is 74.2. The van der Waals surface area contributed by atoms with Crippen molar-refractivity contribution in [2.45, 2.75) is 212 Å². The number of hydrogen-bond acceptors (Lipinski definition) is 19. The van der Waals surface area contributed by atoms with Crippen LogP contribution in [0.2, 0.25) is 0 Å². The van der Waals surface area contributed by atoms with Gasteiger partial charge in [0, 0.05) is 32.4 Å². The maximum Gasteiger partial charge on any atom is 0.326 e. The molecule has 0 unspecified atom stereocenters. The fourth-order valence-corrected chi connectivity index (χ4v) is 9.25. The van der Waals surface area contributed by atoms with E-state index in [0.29, 0.717) is 6.42 Å². The molecule has 0 saturated carbocycles. The number of aliphatic carboxylic acids is 3. The Bertz CT molecular complexity index is 2700. The van der Waals surface area contributed by atoms with Gasteiger partial charge in [-0.3, -0.25) is 77.9 Å². The molecular formula is C59H106N20O18. The van der Waals surface area contributed by atoms with Crippen molar-refractivity contribution in [2.75, 3.05) is 32.7 Å². The van der Waals surface area contributed by atoms with Gasteiger partial charge in [0.25, 0.3) is 0 Å². The molecule has 10 atom stereocenters. The van der Waals surface area contributed by atoms with Gasteiger partial charge in [-0.15, -0.1) is 0 Å². The van der Waals surface area contributed by atoms with Gasteiger partial charge < -0.3 is 113 Å². The maximum atomic E-state index is 14.4. The zero-order valence-electron chi connectivity index (χ0n) is 56.6. The summed E-state index contributed by atoms with van der Waals surface area (Å²) in [6, 6.07) is -14.4. The summed E-state index contributed by atoms with van der Waals surface area (Å²) in [5, 5.41) is 75.7. The van der Waals surface area contributed by atoms with Crippen molar-refractivity contribution in [2.24, 2.45) is 52.3 Å². The number of carbonyl (C=O) groups excluding carboxylic acids is 12. The number of carboxylic acids is 3. The molecule has 0 aliphatic carbocycles. The lowest BCUT2D eigenvalue weighted by Gasteiger charge is -2.28. The first-order valence-electron chi connectivity index (χ1n) is 32.1. The Kier molecular flexibility index (Phi) is 42.0. The average Bonchev–Trinajstić information content (AvgIpc) is 0.925. The summed E-state index contributed by atoms with van der Waals surface area (Å²) in [4.78, 5) is 198. The van der Waals surface area contributed by atoms with Gasteiger partial charge in [-0.05, 0) is 107 Å². The summed E-state index contributed by atoms with van der Waals surface area (Å²) in [6.07, 6.45) is -2.51. The molecule has 12 amide bonds. The number of primary amides is 1. The number of unbranched alkanes of at least 4 members (excludes halogenated alkanes) is 1. The Labute approximate surface area is 563 Å². The lowest BCUT2D eigenvalue weighted by molar-refractivity contribution is -0.143. The van der Waals surface area contributed by atoms with Crippen LogP contribution in [0.5, 0.6) is 0 Å². The summed E-state index contributed by atoms with van der Waals surface area (Å²) in [5.74, 6) is -17.6. The van der Waals surface area contributed by atoms with Crippen molar-refractivity contribution in [1.82, 2.24) is 69.1 Å². The summed E-state index contributed by atoms with van der Waals surface area (Å²) in [7, 11) is 0. The van der Waals surface area contributed by atoms with E-state index in [4.69, 9.17) is 44.6 Å². The van der Waals surface area contributed by atoms with Crippen LogP contribution in [0.25, 0.3) is 0 Å². The quantitative estimate of drug-likeness (QED) is 0.0153. The number of amides is 12. The molecule has 0 saturated heterocycles. The van der Waals surface area contributed by atoms with Crippen molar-refractivity contribution in [3.8, 4) is 0 Å². The van der Waals surface area contributed by atoms with E-state index in [1.807, 2.05) is 0 Å². The number of nitrogens with one attached hydrogen (secondary N) is 15. The van der Waals surface area contributed by atoms with E-state index < -0.39 is 199 Å². The predicted molar refractivity (Wildman–Crippen MR) is 351 cm³/mol. The Balaban J connectivity index is 6.91. The van der Waals surface area contributed by atoms with Gasteiger partial charge in [0.15, 0.2) is 11.9 Å². The van der Waals surface area contributed by atoms with E-state index in [1.165, 1.54) is 0 Å². The molecule has 0 spiro atoms. The molecule has 0 aliphatic heterocycles. The minimum atomic E-state index is -1.70. The van der Waals surface area contributed by atoms with Crippen LogP contribution >= 0.6 is 0 Å². The highest BCUT2D eigenvalue weighted by Gasteiger charge is 2.36. The highest BCUT2D eigenvalue weighted by Crippen LogP contribution is 2.13. The van der Waals surface area contributed by atoms with Crippen LogP contribution in [0.4, 0.5) is 0 Å². The molecular weight excluding hydrogens is 1280 g/mol. The first-order chi connectivity index (χ1) is 45.3. The van der Waals surface area contributed by atoms with Gasteiger partial charge in [-0.2, -0.15) is 0 Å². The van der Waals surface area contributed by atoms with Crippen molar-refractivity contribution in [1.29, 1.82) is 10.8 Å². The number of guanidine groups is 2. The van der Waals surface area contributed by atoms with E-state index in [-0.39, 0.29) is 108 Å². The minimum Gasteiger partial charge on any atom is -0.481 e. The van der Waals surface area contributed by atoms with Gasteiger partial charge in [0.1, 0.15) is 54.4 Å². The molecule has 0 bridgehead atoms. The largest absolute Gasteiger partial charge is 0.481 e. The number of hydrogen-bond donors (Lipinski definition) is 23. The monoisotopic (exact) mass is 1380 g/mol. The number of nitrogens with two attached hydrogens (primary N) is 5. The maximum absolute atomic E-state index is 14.4. The standard InChI is InChI=1S/C59H106N20O18/c1-29(2)25-39(76-53(92)37(17-19-41(62)80)71-48(87)33(61)16-20-44(83)84)50(89)70-27-42(81)78-46(31(5)6)56(95)75-36(15-12-24-68-59(65)66)52(91)73-35(13-9-10-22-60)51(90)74-38(18-21-45(85)86)54(93)77-40(26-30(3)4)55(94)72-34(14-11-23-67-58(63)64)49(88)69-28-43(82)79-47(32(7)8)57(96)97/h29-40,46-47H,9-28,60-61H2,1-8H3,(H2,62,80)(H,69,88)(H,70,89)(H,71,87)(H,72,94)(H,73,91)(H,74,90)(H,75,95)(H,76,92)(H,77,93)(H,78,81)(H,79,82)(H,83,84)(H,85,86)(H,96,97)(H4,63,64,67)(H4,65,66,68)/t33-,34-,35-,36-,37-,38-,39-,40-,46-,47-/m0/s1. The zero-order valence-corrected chi connectivity index (χ0v) is 56.6. The lowest BCUT2D eigenvalue weighted by atomic mass is 10.0. The molecule has 38 heteroatoms. The van der Waals surface area contributed by atoms with Crippen LogP contribution < -0.4 is 97.8 Å². The van der Waals surface area contributed by atoms with E-state index in [2.05, 4.69) is 69.1 Å². The summed E-state index contributed by atoms with van der Waals surface area (Å²) in [6.45, 7) is 11.8. The minimum absolute atomic E-state index is 0.00579. The number of carboxylic acid groups (broad SMARTS) is 3. The molecule has 0 aromatic heterocycles. The molecule has 28 N–H and O–H groups in total. The Morgan fingerprint density at radius 3 is 1.08 bits per heavy atom. The predicted octanol–water partition coefficient (Wildman–Crippen LogP) is -5.95. The Morgan fingerprint density at radius 2 is 0.701 bits per heavy atom. The summed E-state index contributed by atoms with van der Waals surface area (Å²) >= 11 is 0. The molecule has 0 rings (SSSR count). The highest BCUT2D eigenvalue weighted by molar-refractivity contribution is 5.99. The first-order valence-corrected chi connectivity index (χ1v) is 32.1. The van der Waals surface area contributed by atoms with Gasteiger partial charge in [-0.25, -0.2) is 4.79 Å².